The SMILES string of the molecule is COC(=O)c1ccccc1[C@@H](N)[C@@H](O)C1CC1. The number of ether oxygens (including phenoxy) is 1. The molecular formula is C13H17NO3. The average molecular weight is 235 g/mol. The second kappa shape index (κ2) is 4.85. The fraction of sp³-hybridized carbons (Fsp3) is 0.462. The van der Waals surface area contributed by atoms with Crippen LogP contribution < -0.4 is 5.73 Å². The van der Waals surface area contributed by atoms with Crippen molar-refractivity contribution in [3.8, 4) is 0 Å². The predicted octanol–water partition coefficient (Wildman–Crippen LogP) is 1.24. The summed E-state index contributed by atoms with van der Waals surface area (Å²) < 4.78 is 4.71. The molecule has 4 heteroatoms. The Hall–Kier alpha value is -1.39. The van der Waals surface area contributed by atoms with Crippen LogP contribution in [0.3, 0.4) is 0 Å². The van der Waals surface area contributed by atoms with Gasteiger partial charge in [-0.25, -0.2) is 4.79 Å². The molecule has 0 aliphatic heterocycles. The number of carbonyl (C=O) groups is 1. The van der Waals surface area contributed by atoms with Gasteiger partial charge in [-0.05, 0) is 30.4 Å². The zero-order chi connectivity index (χ0) is 12.4. The maximum atomic E-state index is 11.6. The van der Waals surface area contributed by atoms with E-state index in [1.54, 1.807) is 24.3 Å². The standard InChI is InChI=1S/C13H17NO3/c1-17-13(16)10-5-3-2-4-9(10)11(14)12(15)8-6-7-8/h2-5,8,11-12,15H,6-7,14H2,1H3/t11-,12+/m1/s1. The number of hydrogen-bond donors (Lipinski definition) is 2. The van der Waals surface area contributed by atoms with Gasteiger partial charge in [0.25, 0.3) is 0 Å². The summed E-state index contributed by atoms with van der Waals surface area (Å²) in [4.78, 5) is 11.6. The Balaban J connectivity index is 2.27. The number of rotatable bonds is 4. The number of aliphatic hydroxyl groups excluding tert-OH is 1. The van der Waals surface area contributed by atoms with E-state index >= 15 is 0 Å². The van der Waals surface area contributed by atoms with Gasteiger partial charge in [-0.1, -0.05) is 18.2 Å². The quantitative estimate of drug-likeness (QED) is 0.770. The van der Waals surface area contributed by atoms with Gasteiger partial charge in [0, 0.05) is 0 Å². The van der Waals surface area contributed by atoms with E-state index in [2.05, 4.69) is 0 Å². The fourth-order valence-electron chi connectivity index (χ4n) is 2.00. The Morgan fingerprint density at radius 3 is 2.71 bits per heavy atom. The molecular weight excluding hydrogens is 218 g/mol. The van der Waals surface area contributed by atoms with E-state index in [1.165, 1.54) is 7.11 Å². The summed E-state index contributed by atoms with van der Waals surface area (Å²) >= 11 is 0. The first kappa shape index (κ1) is 12.1. The summed E-state index contributed by atoms with van der Waals surface area (Å²) in [7, 11) is 1.34. The molecule has 17 heavy (non-hydrogen) atoms. The molecule has 1 saturated carbocycles. The van der Waals surface area contributed by atoms with Crippen LogP contribution in [0.25, 0.3) is 0 Å². The van der Waals surface area contributed by atoms with Gasteiger partial charge in [-0.2, -0.15) is 0 Å². The van der Waals surface area contributed by atoms with E-state index in [4.69, 9.17) is 10.5 Å². The smallest absolute Gasteiger partial charge is 0.338 e. The van der Waals surface area contributed by atoms with Crippen molar-refractivity contribution in [1.29, 1.82) is 0 Å². The molecule has 0 heterocycles. The van der Waals surface area contributed by atoms with Crippen molar-refractivity contribution in [3.63, 3.8) is 0 Å². The van der Waals surface area contributed by atoms with Crippen LogP contribution >= 0.6 is 0 Å². The Morgan fingerprint density at radius 1 is 1.47 bits per heavy atom. The summed E-state index contributed by atoms with van der Waals surface area (Å²) in [5, 5.41) is 10.0. The predicted molar refractivity (Wildman–Crippen MR) is 63.4 cm³/mol. The third-order valence-electron chi connectivity index (χ3n) is 3.20. The van der Waals surface area contributed by atoms with Crippen LogP contribution in [0.5, 0.6) is 0 Å². The topological polar surface area (TPSA) is 72.5 Å². The molecule has 4 nitrogen and oxygen atoms in total. The summed E-state index contributed by atoms with van der Waals surface area (Å²) in [5.74, 6) is -0.144. The minimum absolute atomic E-state index is 0.274. The Morgan fingerprint density at radius 2 is 2.12 bits per heavy atom. The highest BCUT2D eigenvalue weighted by molar-refractivity contribution is 5.91. The third kappa shape index (κ3) is 2.48. The molecule has 1 aromatic rings. The number of hydrogen-bond acceptors (Lipinski definition) is 4. The van der Waals surface area contributed by atoms with Gasteiger partial charge in [0.1, 0.15) is 0 Å². The molecule has 92 valence electrons. The number of methoxy groups -OCH3 is 1. The van der Waals surface area contributed by atoms with Gasteiger partial charge in [0.05, 0.1) is 24.8 Å². The zero-order valence-corrected chi connectivity index (χ0v) is 9.80. The summed E-state index contributed by atoms with van der Waals surface area (Å²) in [6.45, 7) is 0. The molecule has 0 radical (unpaired) electrons. The fourth-order valence-corrected chi connectivity index (χ4v) is 2.00. The average Bonchev–Trinajstić information content (AvgIpc) is 3.20. The molecule has 1 aliphatic rings. The Kier molecular flexibility index (Phi) is 3.45. The highest BCUT2D eigenvalue weighted by Gasteiger charge is 2.35. The lowest BCUT2D eigenvalue weighted by Gasteiger charge is -2.20. The normalized spacial score (nSPS) is 18.5. The molecule has 2 atom stereocenters. The van der Waals surface area contributed by atoms with Crippen molar-refractivity contribution in [2.75, 3.05) is 7.11 Å². The van der Waals surface area contributed by atoms with E-state index in [-0.39, 0.29) is 5.92 Å². The molecule has 2 rings (SSSR count). The molecule has 0 unspecified atom stereocenters. The number of benzene rings is 1. The molecule has 1 aliphatic carbocycles. The summed E-state index contributed by atoms with van der Waals surface area (Å²) in [5.41, 5.74) is 7.10. The van der Waals surface area contributed by atoms with Crippen molar-refractivity contribution in [3.05, 3.63) is 35.4 Å². The van der Waals surface area contributed by atoms with Crippen molar-refractivity contribution >= 4 is 5.97 Å². The number of nitrogens with two attached hydrogens (primary N) is 1. The lowest BCUT2D eigenvalue weighted by atomic mass is 9.95. The van der Waals surface area contributed by atoms with Crippen LogP contribution in [-0.2, 0) is 4.74 Å². The van der Waals surface area contributed by atoms with E-state index in [1.807, 2.05) is 0 Å². The van der Waals surface area contributed by atoms with Crippen molar-refractivity contribution in [2.45, 2.75) is 25.0 Å². The van der Waals surface area contributed by atoms with Crippen LogP contribution in [0.2, 0.25) is 0 Å². The Labute approximate surface area is 100 Å². The highest BCUT2D eigenvalue weighted by atomic mass is 16.5. The monoisotopic (exact) mass is 235 g/mol. The van der Waals surface area contributed by atoms with E-state index in [0.717, 1.165) is 12.8 Å². The van der Waals surface area contributed by atoms with Crippen LogP contribution in [0.4, 0.5) is 0 Å². The van der Waals surface area contributed by atoms with Gasteiger partial charge in [0.2, 0.25) is 0 Å². The molecule has 0 spiro atoms. The minimum atomic E-state index is -0.583. The first-order valence-corrected chi connectivity index (χ1v) is 5.76. The first-order valence-electron chi connectivity index (χ1n) is 5.76. The molecule has 0 saturated heterocycles. The number of esters is 1. The zero-order valence-electron chi connectivity index (χ0n) is 9.80. The van der Waals surface area contributed by atoms with E-state index < -0.39 is 18.1 Å². The summed E-state index contributed by atoms with van der Waals surface area (Å²) in [6.07, 6.45) is 1.44. The molecule has 1 aromatic carbocycles. The largest absolute Gasteiger partial charge is 0.465 e. The van der Waals surface area contributed by atoms with Gasteiger partial charge < -0.3 is 15.6 Å². The van der Waals surface area contributed by atoms with Crippen molar-refractivity contribution in [2.24, 2.45) is 11.7 Å². The van der Waals surface area contributed by atoms with E-state index in [0.29, 0.717) is 11.1 Å². The molecule has 0 bridgehead atoms. The molecule has 0 aromatic heterocycles. The van der Waals surface area contributed by atoms with Crippen molar-refractivity contribution in [1.82, 2.24) is 0 Å². The van der Waals surface area contributed by atoms with Crippen LogP contribution in [-0.4, -0.2) is 24.3 Å². The maximum Gasteiger partial charge on any atom is 0.338 e. The van der Waals surface area contributed by atoms with Gasteiger partial charge in [-0.15, -0.1) is 0 Å². The van der Waals surface area contributed by atoms with Gasteiger partial charge >= 0.3 is 5.97 Å². The maximum absolute atomic E-state index is 11.6. The first-order chi connectivity index (χ1) is 8.15. The Bertz CT molecular complexity index is 415. The highest BCUT2D eigenvalue weighted by Crippen LogP contribution is 2.37. The molecule has 3 N–H and O–H groups in total. The summed E-state index contributed by atoms with van der Waals surface area (Å²) in [6, 6.07) is 6.47. The minimum Gasteiger partial charge on any atom is -0.465 e. The third-order valence-corrected chi connectivity index (χ3v) is 3.20. The van der Waals surface area contributed by atoms with Crippen LogP contribution in [0.1, 0.15) is 34.8 Å². The molecule has 0 amide bonds. The molecule has 1 fully saturated rings. The lowest BCUT2D eigenvalue weighted by molar-refractivity contribution is 0.0596. The van der Waals surface area contributed by atoms with E-state index in [9.17, 15) is 9.90 Å². The van der Waals surface area contributed by atoms with Crippen molar-refractivity contribution < 1.29 is 14.6 Å². The number of carbonyl (C=O) groups excluding carboxylic acids is 1. The lowest BCUT2D eigenvalue weighted by Crippen LogP contribution is -2.29. The number of aliphatic hydroxyl groups is 1. The van der Waals surface area contributed by atoms with Gasteiger partial charge in [-0.3, -0.25) is 0 Å². The van der Waals surface area contributed by atoms with Gasteiger partial charge in [0.15, 0.2) is 0 Å². The van der Waals surface area contributed by atoms with Crippen LogP contribution in [0.15, 0.2) is 24.3 Å². The second-order valence-corrected chi connectivity index (χ2v) is 4.43. The second-order valence-electron chi connectivity index (χ2n) is 4.43. The van der Waals surface area contributed by atoms with Crippen LogP contribution in [0, 0.1) is 5.92 Å².